The second-order valence-electron chi connectivity index (χ2n) is 2.41. The molecule has 0 saturated heterocycles. The van der Waals surface area contributed by atoms with E-state index in [0.29, 0.717) is 6.54 Å². The lowest BCUT2D eigenvalue weighted by Crippen LogP contribution is -2.07. The van der Waals surface area contributed by atoms with Crippen LogP contribution in [0.2, 0.25) is 0 Å². The van der Waals surface area contributed by atoms with Crippen LogP contribution in [0, 0.1) is 0 Å². The van der Waals surface area contributed by atoms with E-state index in [4.69, 9.17) is 5.73 Å². The SMILES string of the molecule is CN(C)c1nnc(CCN)s1. The third kappa shape index (κ3) is 2.13. The summed E-state index contributed by atoms with van der Waals surface area (Å²) in [5.41, 5.74) is 5.37. The summed E-state index contributed by atoms with van der Waals surface area (Å²) in [5, 5.41) is 9.90. The van der Waals surface area contributed by atoms with Crippen LogP contribution in [0.25, 0.3) is 0 Å². The van der Waals surface area contributed by atoms with Crippen LogP contribution in [0.1, 0.15) is 5.01 Å². The maximum absolute atomic E-state index is 5.37. The standard InChI is InChI=1S/C6H12N4S/c1-10(2)6-9-8-5(11-6)3-4-7/h3-4,7H2,1-2H3. The van der Waals surface area contributed by atoms with Crippen LogP contribution < -0.4 is 10.6 Å². The van der Waals surface area contributed by atoms with E-state index < -0.39 is 0 Å². The average molecular weight is 172 g/mol. The quantitative estimate of drug-likeness (QED) is 0.703. The molecule has 1 heterocycles. The van der Waals surface area contributed by atoms with Gasteiger partial charge in [-0.2, -0.15) is 0 Å². The van der Waals surface area contributed by atoms with Gasteiger partial charge in [0.05, 0.1) is 0 Å². The maximum Gasteiger partial charge on any atom is 0.207 e. The maximum atomic E-state index is 5.37. The Hall–Kier alpha value is -0.680. The van der Waals surface area contributed by atoms with Crippen LogP contribution in [0.4, 0.5) is 5.13 Å². The van der Waals surface area contributed by atoms with Crippen molar-refractivity contribution in [1.29, 1.82) is 0 Å². The predicted molar refractivity (Wildman–Crippen MR) is 47.0 cm³/mol. The summed E-state index contributed by atoms with van der Waals surface area (Å²) >= 11 is 1.59. The second kappa shape index (κ2) is 3.64. The van der Waals surface area contributed by atoms with Crippen LogP contribution in [0.15, 0.2) is 0 Å². The van der Waals surface area contributed by atoms with Gasteiger partial charge in [0.25, 0.3) is 0 Å². The van der Waals surface area contributed by atoms with Crippen LogP contribution >= 0.6 is 11.3 Å². The molecular weight excluding hydrogens is 160 g/mol. The van der Waals surface area contributed by atoms with E-state index in [9.17, 15) is 0 Å². The molecule has 2 N–H and O–H groups in total. The van der Waals surface area contributed by atoms with Gasteiger partial charge in [0.2, 0.25) is 5.13 Å². The fourth-order valence-electron chi connectivity index (χ4n) is 0.650. The number of hydrogen-bond donors (Lipinski definition) is 1. The Kier molecular flexibility index (Phi) is 2.78. The van der Waals surface area contributed by atoms with E-state index in [1.165, 1.54) is 0 Å². The smallest absolute Gasteiger partial charge is 0.207 e. The van der Waals surface area contributed by atoms with Gasteiger partial charge in [-0.25, -0.2) is 0 Å². The molecule has 0 aliphatic heterocycles. The van der Waals surface area contributed by atoms with Gasteiger partial charge in [0, 0.05) is 20.5 Å². The molecular formula is C6H12N4S. The fraction of sp³-hybridized carbons (Fsp3) is 0.667. The van der Waals surface area contributed by atoms with E-state index in [0.717, 1.165) is 16.6 Å². The number of nitrogens with zero attached hydrogens (tertiary/aromatic N) is 3. The van der Waals surface area contributed by atoms with Crippen molar-refractivity contribution >= 4 is 16.5 Å². The van der Waals surface area contributed by atoms with Gasteiger partial charge < -0.3 is 10.6 Å². The van der Waals surface area contributed by atoms with Crippen molar-refractivity contribution in [3.63, 3.8) is 0 Å². The van der Waals surface area contributed by atoms with Crippen molar-refractivity contribution in [1.82, 2.24) is 10.2 Å². The highest BCUT2D eigenvalue weighted by molar-refractivity contribution is 7.15. The summed E-state index contributed by atoms with van der Waals surface area (Å²) in [5.74, 6) is 0. The van der Waals surface area contributed by atoms with Gasteiger partial charge in [0.1, 0.15) is 5.01 Å². The average Bonchev–Trinajstić information content (AvgIpc) is 2.37. The minimum absolute atomic E-state index is 0.641. The van der Waals surface area contributed by atoms with Crippen LogP contribution in [-0.4, -0.2) is 30.8 Å². The summed E-state index contributed by atoms with van der Waals surface area (Å²) in [6.07, 6.45) is 0.825. The molecule has 0 bridgehead atoms. The first-order valence-electron chi connectivity index (χ1n) is 3.44. The summed E-state index contributed by atoms with van der Waals surface area (Å²) in [7, 11) is 3.90. The molecule has 0 unspecified atom stereocenters. The Morgan fingerprint density at radius 1 is 1.45 bits per heavy atom. The van der Waals surface area contributed by atoms with Gasteiger partial charge in [0.15, 0.2) is 0 Å². The Morgan fingerprint density at radius 2 is 2.18 bits per heavy atom. The van der Waals surface area contributed by atoms with Gasteiger partial charge in [-0.3, -0.25) is 0 Å². The zero-order valence-corrected chi connectivity index (χ0v) is 7.56. The van der Waals surface area contributed by atoms with Gasteiger partial charge in [-0.05, 0) is 6.54 Å². The lowest BCUT2D eigenvalue weighted by atomic mass is 10.5. The van der Waals surface area contributed by atoms with Crippen molar-refractivity contribution < 1.29 is 0 Å². The van der Waals surface area contributed by atoms with Gasteiger partial charge in [-0.15, -0.1) is 10.2 Å². The Balaban J connectivity index is 2.66. The summed E-state index contributed by atoms with van der Waals surface area (Å²) in [6.45, 7) is 0.641. The highest BCUT2D eigenvalue weighted by atomic mass is 32.1. The second-order valence-corrected chi connectivity index (χ2v) is 3.45. The lowest BCUT2D eigenvalue weighted by molar-refractivity contribution is 0.905. The van der Waals surface area contributed by atoms with E-state index in [2.05, 4.69) is 10.2 Å². The minimum atomic E-state index is 0.641. The molecule has 0 radical (unpaired) electrons. The molecule has 1 aromatic heterocycles. The molecule has 5 heteroatoms. The molecule has 0 aromatic carbocycles. The van der Waals surface area contributed by atoms with Gasteiger partial charge >= 0.3 is 0 Å². The van der Waals surface area contributed by atoms with Crippen molar-refractivity contribution in [3.05, 3.63) is 5.01 Å². The van der Waals surface area contributed by atoms with Crippen molar-refractivity contribution in [2.24, 2.45) is 5.73 Å². The molecule has 0 atom stereocenters. The zero-order valence-electron chi connectivity index (χ0n) is 6.74. The molecule has 0 spiro atoms. The molecule has 0 amide bonds. The van der Waals surface area contributed by atoms with Crippen molar-refractivity contribution in [2.45, 2.75) is 6.42 Å². The molecule has 0 fully saturated rings. The Morgan fingerprint density at radius 3 is 2.64 bits per heavy atom. The normalized spacial score (nSPS) is 10.1. The lowest BCUT2D eigenvalue weighted by Gasteiger charge is -2.03. The van der Waals surface area contributed by atoms with E-state index in [1.807, 2.05) is 19.0 Å². The number of hydrogen-bond acceptors (Lipinski definition) is 5. The first kappa shape index (κ1) is 8.42. The minimum Gasteiger partial charge on any atom is -0.353 e. The molecule has 4 nitrogen and oxygen atoms in total. The fourth-order valence-corrected chi connectivity index (χ4v) is 1.43. The van der Waals surface area contributed by atoms with Crippen molar-refractivity contribution in [2.75, 3.05) is 25.5 Å². The first-order chi connectivity index (χ1) is 5.24. The molecule has 0 aliphatic carbocycles. The monoisotopic (exact) mass is 172 g/mol. The third-order valence-corrected chi connectivity index (χ3v) is 2.35. The molecule has 11 heavy (non-hydrogen) atoms. The summed E-state index contributed by atoms with van der Waals surface area (Å²) in [6, 6.07) is 0. The van der Waals surface area contributed by atoms with Crippen molar-refractivity contribution in [3.8, 4) is 0 Å². The third-order valence-electron chi connectivity index (χ3n) is 1.20. The topological polar surface area (TPSA) is 55.0 Å². The van der Waals surface area contributed by atoms with Crippen LogP contribution in [0.3, 0.4) is 0 Å². The molecule has 1 aromatic rings. The van der Waals surface area contributed by atoms with E-state index in [-0.39, 0.29) is 0 Å². The largest absolute Gasteiger partial charge is 0.353 e. The molecule has 62 valence electrons. The predicted octanol–water partition coefficient (Wildman–Crippen LogP) is 0.105. The first-order valence-corrected chi connectivity index (χ1v) is 4.25. The van der Waals surface area contributed by atoms with Gasteiger partial charge in [-0.1, -0.05) is 11.3 Å². The van der Waals surface area contributed by atoms with E-state index in [1.54, 1.807) is 11.3 Å². The molecule has 0 aliphatic rings. The molecule has 1 rings (SSSR count). The Bertz CT molecular complexity index is 220. The van der Waals surface area contributed by atoms with E-state index >= 15 is 0 Å². The zero-order chi connectivity index (χ0) is 8.27. The molecule has 0 saturated carbocycles. The van der Waals surface area contributed by atoms with Crippen LogP contribution in [0.5, 0.6) is 0 Å². The van der Waals surface area contributed by atoms with Crippen LogP contribution in [-0.2, 0) is 6.42 Å². The highest BCUT2D eigenvalue weighted by Crippen LogP contribution is 2.17. The number of aromatic nitrogens is 2. The Labute approximate surface area is 70.0 Å². The number of nitrogens with two attached hydrogens (primary N) is 1. The summed E-state index contributed by atoms with van der Waals surface area (Å²) in [4.78, 5) is 1.94. The number of rotatable bonds is 3. The summed E-state index contributed by atoms with van der Waals surface area (Å²) < 4.78 is 0. The number of anilines is 1. The highest BCUT2D eigenvalue weighted by Gasteiger charge is 2.03.